The van der Waals surface area contributed by atoms with Gasteiger partial charge in [0.05, 0.1) is 10.0 Å². The highest BCUT2D eigenvalue weighted by molar-refractivity contribution is 6.42. The lowest BCUT2D eigenvalue weighted by molar-refractivity contribution is 1.17. The minimum absolute atomic E-state index is 0.392. The van der Waals surface area contributed by atoms with Crippen molar-refractivity contribution in [1.82, 2.24) is 9.97 Å². The second-order valence-electron chi connectivity index (χ2n) is 2.86. The van der Waals surface area contributed by atoms with E-state index in [0.717, 1.165) is 11.1 Å². The maximum atomic E-state index is 5.92. The van der Waals surface area contributed by atoms with Gasteiger partial charge < -0.3 is 0 Å². The molecule has 15 heavy (non-hydrogen) atoms. The number of nitrogens with zero attached hydrogens (tertiary/aromatic N) is 2. The lowest BCUT2D eigenvalue weighted by Gasteiger charge is -2.03. The number of aromatic nitrogens is 2. The first-order chi connectivity index (χ1) is 7.18. The van der Waals surface area contributed by atoms with E-state index in [1.807, 2.05) is 6.07 Å². The molecule has 0 N–H and O–H groups in total. The van der Waals surface area contributed by atoms with Crippen LogP contribution in [0, 0.1) is 0 Å². The average molecular weight is 260 g/mol. The summed E-state index contributed by atoms with van der Waals surface area (Å²) in [6.07, 6.45) is 3.03. The Morgan fingerprint density at radius 1 is 1.00 bits per heavy atom. The third-order valence-electron chi connectivity index (χ3n) is 1.89. The van der Waals surface area contributed by atoms with Gasteiger partial charge in [-0.3, -0.25) is 0 Å². The zero-order valence-corrected chi connectivity index (χ0v) is 9.68. The van der Waals surface area contributed by atoms with Crippen molar-refractivity contribution < 1.29 is 0 Å². The maximum Gasteiger partial charge on any atom is 0.140 e. The van der Waals surface area contributed by atoms with Gasteiger partial charge in [-0.05, 0) is 17.7 Å². The Hall–Kier alpha value is -0.830. The standard InChI is InChI=1S/C10H5Cl3N2/c11-8-2-1-6(3-9(8)12)7-4-14-5-15-10(7)13/h1-5H. The van der Waals surface area contributed by atoms with Gasteiger partial charge in [-0.15, -0.1) is 0 Å². The molecule has 0 bridgehead atoms. The van der Waals surface area contributed by atoms with Crippen LogP contribution in [0.2, 0.25) is 15.2 Å². The summed E-state index contributed by atoms with van der Waals surface area (Å²) in [5, 5.41) is 1.38. The van der Waals surface area contributed by atoms with E-state index < -0.39 is 0 Å². The molecule has 76 valence electrons. The molecule has 0 saturated heterocycles. The first-order valence-electron chi connectivity index (χ1n) is 4.09. The van der Waals surface area contributed by atoms with E-state index >= 15 is 0 Å². The quantitative estimate of drug-likeness (QED) is 0.721. The molecule has 0 aliphatic carbocycles. The number of rotatable bonds is 1. The van der Waals surface area contributed by atoms with Crippen LogP contribution in [0.25, 0.3) is 11.1 Å². The summed E-state index contributed by atoms with van der Waals surface area (Å²) in [6.45, 7) is 0. The van der Waals surface area contributed by atoms with Gasteiger partial charge in [0.15, 0.2) is 0 Å². The van der Waals surface area contributed by atoms with Gasteiger partial charge in [0.25, 0.3) is 0 Å². The Morgan fingerprint density at radius 2 is 1.80 bits per heavy atom. The normalized spacial score (nSPS) is 10.3. The second kappa shape index (κ2) is 4.35. The van der Waals surface area contributed by atoms with E-state index in [2.05, 4.69) is 9.97 Å². The van der Waals surface area contributed by atoms with Crippen LogP contribution in [0.15, 0.2) is 30.7 Å². The molecule has 5 heteroatoms. The van der Waals surface area contributed by atoms with E-state index in [4.69, 9.17) is 34.8 Å². The van der Waals surface area contributed by atoms with Gasteiger partial charge >= 0.3 is 0 Å². The maximum absolute atomic E-state index is 5.92. The number of hydrogen-bond donors (Lipinski definition) is 0. The van der Waals surface area contributed by atoms with Crippen molar-refractivity contribution in [2.24, 2.45) is 0 Å². The lowest BCUT2D eigenvalue weighted by atomic mass is 10.1. The third-order valence-corrected chi connectivity index (χ3v) is 2.93. The van der Waals surface area contributed by atoms with E-state index in [-0.39, 0.29) is 0 Å². The Morgan fingerprint density at radius 3 is 2.47 bits per heavy atom. The lowest BCUT2D eigenvalue weighted by Crippen LogP contribution is -1.85. The molecule has 1 aromatic carbocycles. The Labute approximate surface area is 102 Å². The summed E-state index contributed by atoms with van der Waals surface area (Å²) >= 11 is 17.6. The molecule has 0 amide bonds. The zero-order valence-electron chi connectivity index (χ0n) is 7.42. The Bertz CT molecular complexity index is 500. The van der Waals surface area contributed by atoms with Crippen molar-refractivity contribution in [3.05, 3.63) is 45.9 Å². The van der Waals surface area contributed by atoms with Crippen molar-refractivity contribution >= 4 is 34.8 Å². The van der Waals surface area contributed by atoms with Crippen LogP contribution in [0.5, 0.6) is 0 Å². The molecule has 2 aromatic rings. The number of halogens is 3. The smallest absolute Gasteiger partial charge is 0.140 e. The molecule has 0 atom stereocenters. The highest BCUT2D eigenvalue weighted by Gasteiger charge is 2.06. The van der Waals surface area contributed by atoms with Crippen LogP contribution in [0.1, 0.15) is 0 Å². The van der Waals surface area contributed by atoms with Gasteiger partial charge in [-0.25, -0.2) is 9.97 Å². The van der Waals surface area contributed by atoms with Gasteiger partial charge in [-0.1, -0.05) is 40.9 Å². The molecule has 0 aliphatic heterocycles. The van der Waals surface area contributed by atoms with Crippen LogP contribution in [0.4, 0.5) is 0 Å². The predicted octanol–water partition coefficient (Wildman–Crippen LogP) is 4.10. The summed E-state index contributed by atoms with van der Waals surface area (Å²) in [6, 6.07) is 5.26. The monoisotopic (exact) mass is 258 g/mol. The first-order valence-corrected chi connectivity index (χ1v) is 5.23. The minimum Gasteiger partial charge on any atom is -0.244 e. The fourth-order valence-corrected chi connectivity index (χ4v) is 1.67. The molecule has 0 unspecified atom stereocenters. The van der Waals surface area contributed by atoms with E-state index in [1.165, 1.54) is 6.33 Å². The Balaban J connectivity index is 2.55. The molecular weight excluding hydrogens is 254 g/mol. The second-order valence-corrected chi connectivity index (χ2v) is 4.03. The molecule has 0 spiro atoms. The third kappa shape index (κ3) is 2.23. The van der Waals surface area contributed by atoms with Crippen molar-refractivity contribution in [2.75, 3.05) is 0 Å². The van der Waals surface area contributed by atoms with E-state index in [1.54, 1.807) is 18.3 Å². The van der Waals surface area contributed by atoms with Crippen LogP contribution < -0.4 is 0 Å². The molecule has 2 nitrogen and oxygen atoms in total. The average Bonchev–Trinajstić information content (AvgIpc) is 2.23. The molecule has 0 radical (unpaired) electrons. The van der Waals surface area contributed by atoms with Crippen molar-refractivity contribution in [1.29, 1.82) is 0 Å². The highest BCUT2D eigenvalue weighted by atomic mass is 35.5. The van der Waals surface area contributed by atoms with Gasteiger partial charge in [0.2, 0.25) is 0 Å². The summed E-state index contributed by atoms with van der Waals surface area (Å²) in [5.74, 6) is 0. The summed E-state index contributed by atoms with van der Waals surface area (Å²) in [7, 11) is 0. The molecule has 1 aromatic heterocycles. The highest BCUT2D eigenvalue weighted by Crippen LogP contribution is 2.30. The topological polar surface area (TPSA) is 25.8 Å². The van der Waals surface area contributed by atoms with Crippen LogP contribution in [-0.4, -0.2) is 9.97 Å². The fraction of sp³-hybridized carbons (Fsp3) is 0. The van der Waals surface area contributed by atoms with Gasteiger partial charge in [0.1, 0.15) is 11.5 Å². The molecule has 0 saturated carbocycles. The van der Waals surface area contributed by atoms with Crippen molar-refractivity contribution in [3.8, 4) is 11.1 Å². The van der Waals surface area contributed by atoms with Gasteiger partial charge in [0, 0.05) is 11.8 Å². The predicted molar refractivity (Wildman–Crippen MR) is 62.5 cm³/mol. The summed E-state index contributed by atoms with van der Waals surface area (Å²) < 4.78 is 0. The SMILES string of the molecule is Clc1ccc(-c2cncnc2Cl)cc1Cl. The number of hydrogen-bond acceptors (Lipinski definition) is 2. The molecule has 0 fully saturated rings. The fourth-order valence-electron chi connectivity index (χ4n) is 1.17. The van der Waals surface area contributed by atoms with Crippen molar-refractivity contribution in [3.63, 3.8) is 0 Å². The number of benzene rings is 1. The van der Waals surface area contributed by atoms with Crippen LogP contribution >= 0.6 is 34.8 Å². The molecule has 2 rings (SSSR count). The summed E-state index contributed by atoms with van der Waals surface area (Å²) in [4.78, 5) is 7.79. The summed E-state index contributed by atoms with van der Waals surface area (Å²) in [5.41, 5.74) is 1.58. The Kier molecular flexibility index (Phi) is 3.10. The minimum atomic E-state index is 0.392. The van der Waals surface area contributed by atoms with Gasteiger partial charge in [-0.2, -0.15) is 0 Å². The van der Waals surface area contributed by atoms with E-state index in [0.29, 0.717) is 15.2 Å². The largest absolute Gasteiger partial charge is 0.244 e. The molecular formula is C10H5Cl3N2. The molecule has 0 aliphatic rings. The van der Waals surface area contributed by atoms with E-state index in [9.17, 15) is 0 Å². The first kappa shape index (κ1) is 10.7. The van der Waals surface area contributed by atoms with Crippen LogP contribution in [0.3, 0.4) is 0 Å². The van der Waals surface area contributed by atoms with Crippen molar-refractivity contribution in [2.45, 2.75) is 0 Å². The molecule has 1 heterocycles. The van der Waals surface area contributed by atoms with Crippen LogP contribution in [-0.2, 0) is 0 Å². The zero-order chi connectivity index (χ0) is 10.8.